The molecule has 1 atom stereocenters. The minimum absolute atomic E-state index is 0.340. The maximum absolute atomic E-state index is 13.3. The van der Waals surface area contributed by atoms with Gasteiger partial charge in [0.25, 0.3) is 5.91 Å². The Morgan fingerprint density at radius 2 is 2.09 bits per heavy atom. The largest absolute Gasteiger partial charge is 0.405 e. The van der Waals surface area contributed by atoms with Crippen molar-refractivity contribution in [2.45, 2.75) is 31.0 Å². The summed E-state index contributed by atoms with van der Waals surface area (Å²) < 4.78 is 39.9. The first kappa shape index (κ1) is 16.7. The van der Waals surface area contributed by atoms with Crippen LogP contribution in [0.3, 0.4) is 0 Å². The lowest BCUT2D eigenvalue weighted by molar-refractivity contribution is -0.183. The van der Waals surface area contributed by atoms with E-state index < -0.39 is 18.8 Å². The summed E-state index contributed by atoms with van der Waals surface area (Å²) in [7, 11) is 0. The lowest BCUT2D eigenvalue weighted by atomic mass is 10.1. The number of alkyl halides is 3. The molecule has 2 heterocycles. The van der Waals surface area contributed by atoms with Crippen LogP contribution in [0.15, 0.2) is 11.4 Å². The number of thiophene rings is 1. The molecule has 4 nitrogen and oxygen atoms in total. The highest BCUT2D eigenvalue weighted by atomic mass is 32.1. The molecule has 0 aromatic carbocycles. The molecule has 2 fully saturated rings. The summed E-state index contributed by atoms with van der Waals surface area (Å²) in [4.78, 5) is 14.2. The quantitative estimate of drug-likeness (QED) is 0.858. The van der Waals surface area contributed by atoms with Gasteiger partial charge in [0.1, 0.15) is 6.04 Å². The van der Waals surface area contributed by atoms with Crippen molar-refractivity contribution in [2.24, 2.45) is 0 Å². The van der Waals surface area contributed by atoms with Gasteiger partial charge in [0.2, 0.25) is 0 Å². The molecule has 1 amide bonds. The Balaban J connectivity index is 1.63. The Bertz CT molecular complexity index is 550. The number of amides is 1. The first-order valence-corrected chi connectivity index (χ1v) is 8.72. The minimum Gasteiger partial charge on any atom is -0.349 e. The molecule has 128 valence electrons. The molecular weight excluding hydrogens is 327 g/mol. The van der Waals surface area contributed by atoms with Gasteiger partial charge >= 0.3 is 6.18 Å². The molecule has 0 radical (unpaired) electrons. The van der Waals surface area contributed by atoms with Crippen LogP contribution < -0.4 is 10.6 Å². The van der Waals surface area contributed by atoms with E-state index in [-0.39, 0.29) is 5.91 Å². The van der Waals surface area contributed by atoms with Crippen LogP contribution in [-0.4, -0.2) is 55.7 Å². The molecule has 1 saturated carbocycles. The number of carbonyl (C=O) groups is 1. The molecule has 8 heteroatoms. The van der Waals surface area contributed by atoms with Gasteiger partial charge in [0.05, 0.1) is 4.88 Å². The third kappa shape index (κ3) is 4.05. The molecule has 1 unspecified atom stereocenters. The number of hydrogen-bond acceptors (Lipinski definition) is 4. The molecule has 2 N–H and O–H groups in total. The van der Waals surface area contributed by atoms with E-state index in [1.54, 1.807) is 0 Å². The van der Waals surface area contributed by atoms with Crippen molar-refractivity contribution in [1.29, 1.82) is 0 Å². The predicted octanol–water partition coefficient (Wildman–Crippen LogP) is 2.19. The lowest BCUT2D eigenvalue weighted by Crippen LogP contribution is -2.57. The van der Waals surface area contributed by atoms with E-state index in [2.05, 4.69) is 10.6 Å². The number of carbonyl (C=O) groups excluding carboxylic acids is 1. The maximum atomic E-state index is 13.3. The molecule has 0 spiro atoms. The Morgan fingerprint density at radius 1 is 1.39 bits per heavy atom. The number of halogens is 3. The maximum Gasteiger partial charge on any atom is 0.405 e. The fourth-order valence-corrected chi connectivity index (χ4v) is 3.84. The summed E-state index contributed by atoms with van der Waals surface area (Å²) in [5.74, 6) is 0.0277. The van der Waals surface area contributed by atoms with Crippen molar-refractivity contribution in [3.8, 4) is 0 Å². The van der Waals surface area contributed by atoms with Crippen molar-refractivity contribution in [1.82, 2.24) is 15.5 Å². The van der Waals surface area contributed by atoms with E-state index in [9.17, 15) is 18.0 Å². The smallest absolute Gasteiger partial charge is 0.349 e. The van der Waals surface area contributed by atoms with Crippen LogP contribution in [-0.2, 0) is 0 Å². The average molecular weight is 347 g/mol. The molecule has 2 aliphatic rings. The molecule has 23 heavy (non-hydrogen) atoms. The van der Waals surface area contributed by atoms with Crippen LogP contribution in [0.4, 0.5) is 13.2 Å². The summed E-state index contributed by atoms with van der Waals surface area (Å²) in [5, 5.41) is 7.38. The van der Waals surface area contributed by atoms with E-state index in [4.69, 9.17) is 0 Å². The van der Waals surface area contributed by atoms with Crippen molar-refractivity contribution < 1.29 is 18.0 Å². The van der Waals surface area contributed by atoms with Crippen LogP contribution >= 0.6 is 11.3 Å². The Hall–Kier alpha value is -1.12. The van der Waals surface area contributed by atoms with Crippen molar-refractivity contribution in [3.05, 3.63) is 21.9 Å². The summed E-state index contributed by atoms with van der Waals surface area (Å²) in [6.45, 7) is 1.36. The number of piperazine rings is 1. The number of nitrogens with zero attached hydrogens (tertiary/aromatic N) is 1. The molecule has 0 bridgehead atoms. The molecule has 3 rings (SSSR count). The van der Waals surface area contributed by atoms with Gasteiger partial charge in [-0.15, -0.1) is 11.3 Å². The third-order valence-electron chi connectivity index (χ3n) is 4.35. The zero-order valence-electron chi connectivity index (χ0n) is 12.7. The van der Waals surface area contributed by atoms with Gasteiger partial charge in [0.15, 0.2) is 0 Å². The number of hydrogen-bond donors (Lipinski definition) is 2. The van der Waals surface area contributed by atoms with Crippen molar-refractivity contribution in [3.63, 3.8) is 0 Å². The molecular formula is C15H20F3N3OS. The van der Waals surface area contributed by atoms with E-state index >= 15 is 0 Å². The van der Waals surface area contributed by atoms with Crippen LogP contribution in [0.2, 0.25) is 0 Å². The Morgan fingerprint density at radius 3 is 2.70 bits per heavy atom. The Kier molecular flexibility index (Phi) is 4.93. The van der Waals surface area contributed by atoms with E-state index in [1.165, 1.54) is 16.2 Å². The first-order valence-electron chi connectivity index (χ1n) is 7.84. The van der Waals surface area contributed by atoms with Gasteiger partial charge in [-0.05, 0) is 35.8 Å². The lowest BCUT2D eigenvalue weighted by Gasteiger charge is -2.35. The zero-order valence-corrected chi connectivity index (χ0v) is 13.5. The van der Waals surface area contributed by atoms with Gasteiger partial charge in [-0.1, -0.05) is 0 Å². The summed E-state index contributed by atoms with van der Waals surface area (Å²) in [5.41, 5.74) is 0.984. The van der Waals surface area contributed by atoms with E-state index in [0.29, 0.717) is 37.0 Å². The van der Waals surface area contributed by atoms with E-state index in [0.717, 1.165) is 18.4 Å². The average Bonchev–Trinajstić information content (AvgIpc) is 3.24. The first-order chi connectivity index (χ1) is 11.0. The highest BCUT2D eigenvalue weighted by Crippen LogP contribution is 2.43. The second-order valence-corrected chi connectivity index (χ2v) is 6.95. The standard InChI is InChI=1S/C15H20F3N3OS/c16-15(17,18)12(21-6-4-19-5-7-21)9-20-14(22)13-11(3-8-23-13)10-1-2-10/h3,8,10,12,19H,1-2,4-7,9H2,(H,20,22). The Labute approximate surface area is 137 Å². The normalized spacial score (nSPS) is 21.2. The van der Waals surface area contributed by atoms with Crippen LogP contribution in [0.1, 0.15) is 34.0 Å². The minimum atomic E-state index is -4.35. The highest BCUT2D eigenvalue weighted by molar-refractivity contribution is 7.12. The molecule has 1 saturated heterocycles. The molecule has 1 aliphatic heterocycles. The second-order valence-electron chi connectivity index (χ2n) is 6.03. The van der Waals surface area contributed by atoms with Crippen LogP contribution in [0.25, 0.3) is 0 Å². The van der Waals surface area contributed by atoms with Gasteiger partial charge in [-0.25, -0.2) is 0 Å². The second kappa shape index (κ2) is 6.78. The van der Waals surface area contributed by atoms with Gasteiger partial charge < -0.3 is 10.6 Å². The van der Waals surface area contributed by atoms with Crippen molar-refractivity contribution >= 4 is 17.2 Å². The number of nitrogens with one attached hydrogen (secondary N) is 2. The fraction of sp³-hybridized carbons (Fsp3) is 0.667. The molecule has 1 aromatic heterocycles. The summed E-state index contributed by atoms with van der Waals surface area (Å²) >= 11 is 1.30. The molecule has 1 aromatic rings. The van der Waals surface area contributed by atoms with Crippen LogP contribution in [0, 0.1) is 0 Å². The summed E-state index contributed by atoms with van der Waals surface area (Å²) in [6.07, 6.45) is -2.23. The fourth-order valence-electron chi connectivity index (χ4n) is 2.93. The topological polar surface area (TPSA) is 44.4 Å². The van der Waals surface area contributed by atoms with Crippen molar-refractivity contribution in [2.75, 3.05) is 32.7 Å². The van der Waals surface area contributed by atoms with Gasteiger partial charge in [-0.3, -0.25) is 9.69 Å². The number of rotatable bonds is 5. The predicted molar refractivity (Wildman–Crippen MR) is 82.9 cm³/mol. The van der Waals surface area contributed by atoms with Gasteiger partial charge in [-0.2, -0.15) is 13.2 Å². The SMILES string of the molecule is O=C(NCC(N1CCNCC1)C(F)(F)F)c1sccc1C1CC1. The summed E-state index contributed by atoms with van der Waals surface area (Å²) in [6, 6.07) is 0.285. The van der Waals surface area contributed by atoms with E-state index in [1.807, 2.05) is 11.4 Å². The van der Waals surface area contributed by atoms with Crippen LogP contribution in [0.5, 0.6) is 0 Å². The zero-order chi connectivity index (χ0) is 16.4. The van der Waals surface area contributed by atoms with Gasteiger partial charge in [0, 0.05) is 32.7 Å². The highest BCUT2D eigenvalue weighted by Gasteiger charge is 2.44. The molecule has 1 aliphatic carbocycles. The third-order valence-corrected chi connectivity index (χ3v) is 5.27. The monoisotopic (exact) mass is 347 g/mol.